The first-order valence-electron chi connectivity index (χ1n) is 8.43. The molecule has 0 radical (unpaired) electrons. The summed E-state index contributed by atoms with van der Waals surface area (Å²) < 4.78 is 0. The molecule has 1 atom stereocenters. The molecular weight excluding hydrogens is 302 g/mol. The van der Waals surface area contributed by atoms with Crippen molar-refractivity contribution in [3.63, 3.8) is 0 Å². The zero-order valence-corrected chi connectivity index (χ0v) is 13.9. The van der Waals surface area contributed by atoms with E-state index < -0.39 is 6.04 Å². The summed E-state index contributed by atoms with van der Waals surface area (Å²) in [6, 6.07) is 14.2. The Hall–Kier alpha value is -2.40. The van der Waals surface area contributed by atoms with Crippen molar-refractivity contribution in [3.8, 4) is 0 Å². The molecule has 1 fully saturated rings. The number of benzene rings is 2. The fraction of sp³-hybridized carbons (Fsp3) is 0.368. The predicted octanol–water partition coefficient (Wildman–Crippen LogP) is 1.67. The smallest absolute Gasteiger partial charge is 0.237 e. The van der Waals surface area contributed by atoms with Gasteiger partial charge in [-0.25, -0.2) is 0 Å². The van der Waals surface area contributed by atoms with Gasteiger partial charge in [0.25, 0.3) is 0 Å². The molecule has 1 heterocycles. The molecule has 2 amide bonds. The summed E-state index contributed by atoms with van der Waals surface area (Å²) in [6.07, 6.45) is 0.202. The lowest BCUT2D eigenvalue weighted by atomic mass is 10.0. The van der Waals surface area contributed by atoms with Crippen LogP contribution in [0.4, 0.5) is 0 Å². The molecule has 2 aromatic carbocycles. The van der Waals surface area contributed by atoms with Gasteiger partial charge in [0.15, 0.2) is 0 Å². The van der Waals surface area contributed by atoms with Crippen LogP contribution in [0.3, 0.4) is 0 Å². The number of nitrogens with one attached hydrogen (secondary N) is 2. The number of amides is 2. The summed E-state index contributed by atoms with van der Waals surface area (Å²) in [6.45, 7) is 4.51. The quantitative estimate of drug-likeness (QED) is 0.879. The molecule has 1 unspecified atom stereocenters. The zero-order valence-electron chi connectivity index (χ0n) is 13.9. The Morgan fingerprint density at radius 3 is 2.83 bits per heavy atom. The second-order valence-corrected chi connectivity index (χ2v) is 6.12. The van der Waals surface area contributed by atoms with Crippen LogP contribution in [0, 0.1) is 0 Å². The van der Waals surface area contributed by atoms with Gasteiger partial charge < -0.3 is 10.6 Å². The largest absolute Gasteiger partial charge is 0.356 e. The van der Waals surface area contributed by atoms with Gasteiger partial charge in [0.2, 0.25) is 11.8 Å². The van der Waals surface area contributed by atoms with E-state index in [0.717, 1.165) is 12.1 Å². The van der Waals surface area contributed by atoms with Gasteiger partial charge in [-0.2, -0.15) is 0 Å². The zero-order chi connectivity index (χ0) is 16.9. The van der Waals surface area contributed by atoms with E-state index >= 15 is 0 Å². The molecule has 1 aliphatic rings. The topological polar surface area (TPSA) is 61.4 Å². The number of nitrogens with zero attached hydrogens (tertiary/aromatic N) is 1. The Balaban J connectivity index is 1.76. The van der Waals surface area contributed by atoms with Crippen molar-refractivity contribution in [2.75, 3.05) is 19.6 Å². The molecule has 24 heavy (non-hydrogen) atoms. The molecule has 5 nitrogen and oxygen atoms in total. The molecule has 126 valence electrons. The number of carbonyl (C=O) groups is 2. The van der Waals surface area contributed by atoms with Gasteiger partial charge in [0, 0.05) is 26.2 Å². The third-order valence-corrected chi connectivity index (χ3v) is 4.39. The molecule has 0 bridgehead atoms. The Labute approximate surface area is 142 Å². The SMILES string of the molecule is CCNC(=O)CC1C(=O)NCCN1Cc1ccc2ccccc2c1. The van der Waals surface area contributed by atoms with Gasteiger partial charge >= 0.3 is 0 Å². The van der Waals surface area contributed by atoms with Gasteiger partial charge in [-0.05, 0) is 29.3 Å². The second kappa shape index (κ2) is 7.45. The van der Waals surface area contributed by atoms with Crippen LogP contribution in [-0.4, -0.2) is 42.4 Å². The van der Waals surface area contributed by atoms with E-state index in [9.17, 15) is 9.59 Å². The lowest BCUT2D eigenvalue weighted by molar-refractivity contribution is -0.134. The van der Waals surface area contributed by atoms with Crippen molar-refractivity contribution in [2.24, 2.45) is 0 Å². The highest BCUT2D eigenvalue weighted by Crippen LogP contribution is 2.19. The predicted molar refractivity (Wildman–Crippen MR) is 94.5 cm³/mol. The number of rotatable bonds is 5. The molecule has 5 heteroatoms. The number of hydrogen-bond donors (Lipinski definition) is 2. The van der Waals surface area contributed by atoms with Gasteiger partial charge in [-0.15, -0.1) is 0 Å². The van der Waals surface area contributed by atoms with Crippen molar-refractivity contribution < 1.29 is 9.59 Å². The van der Waals surface area contributed by atoms with Crippen molar-refractivity contribution in [1.82, 2.24) is 15.5 Å². The van der Waals surface area contributed by atoms with E-state index in [0.29, 0.717) is 19.6 Å². The summed E-state index contributed by atoms with van der Waals surface area (Å²) in [5.74, 6) is -0.142. The van der Waals surface area contributed by atoms with Gasteiger partial charge in [0.1, 0.15) is 0 Å². The monoisotopic (exact) mass is 325 g/mol. The van der Waals surface area contributed by atoms with E-state index in [1.807, 2.05) is 19.1 Å². The molecule has 1 aliphatic heterocycles. The third kappa shape index (κ3) is 3.74. The molecule has 2 N–H and O–H groups in total. The first-order chi connectivity index (χ1) is 11.7. The van der Waals surface area contributed by atoms with E-state index in [1.54, 1.807) is 0 Å². The Morgan fingerprint density at radius 2 is 2.04 bits per heavy atom. The van der Waals surface area contributed by atoms with Crippen LogP contribution in [0.15, 0.2) is 42.5 Å². The third-order valence-electron chi connectivity index (χ3n) is 4.39. The summed E-state index contributed by atoms with van der Waals surface area (Å²) in [5.41, 5.74) is 1.16. The van der Waals surface area contributed by atoms with Crippen LogP contribution < -0.4 is 10.6 Å². The Kier molecular flexibility index (Phi) is 5.11. The minimum absolute atomic E-state index is 0.0618. The maximum Gasteiger partial charge on any atom is 0.237 e. The first-order valence-corrected chi connectivity index (χ1v) is 8.43. The maximum atomic E-state index is 12.2. The minimum atomic E-state index is -0.406. The lowest BCUT2D eigenvalue weighted by Gasteiger charge is -2.34. The first kappa shape index (κ1) is 16.5. The standard InChI is InChI=1S/C19H23N3O2/c1-2-20-18(23)12-17-19(24)21-9-10-22(17)13-14-7-8-15-5-3-4-6-16(15)11-14/h3-8,11,17H,2,9-10,12-13H2,1H3,(H,20,23)(H,21,24). The summed E-state index contributed by atoms with van der Waals surface area (Å²) in [4.78, 5) is 26.2. The van der Waals surface area contributed by atoms with Crippen LogP contribution in [0.5, 0.6) is 0 Å². The van der Waals surface area contributed by atoms with E-state index in [-0.39, 0.29) is 18.2 Å². The fourth-order valence-corrected chi connectivity index (χ4v) is 3.19. The highest BCUT2D eigenvalue weighted by Gasteiger charge is 2.31. The van der Waals surface area contributed by atoms with E-state index in [4.69, 9.17) is 0 Å². The van der Waals surface area contributed by atoms with Crippen molar-refractivity contribution in [3.05, 3.63) is 48.0 Å². The average molecular weight is 325 g/mol. The van der Waals surface area contributed by atoms with E-state index in [2.05, 4.69) is 45.9 Å². The summed E-state index contributed by atoms with van der Waals surface area (Å²) in [5, 5.41) is 8.04. The summed E-state index contributed by atoms with van der Waals surface area (Å²) >= 11 is 0. The van der Waals surface area contributed by atoms with Crippen LogP contribution in [0.2, 0.25) is 0 Å². The Bertz CT molecular complexity index is 744. The normalized spacial score (nSPS) is 18.4. The second-order valence-electron chi connectivity index (χ2n) is 6.12. The summed E-state index contributed by atoms with van der Waals surface area (Å²) in [7, 11) is 0. The Morgan fingerprint density at radius 1 is 1.25 bits per heavy atom. The van der Waals surface area contributed by atoms with Gasteiger partial charge in [-0.1, -0.05) is 36.4 Å². The van der Waals surface area contributed by atoms with E-state index in [1.165, 1.54) is 10.8 Å². The van der Waals surface area contributed by atoms with Gasteiger partial charge in [0.05, 0.1) is 12.5 Å². The number of fused-ring (bicyclic) bond motifs is 1. The molecule has 0 aromatic heterocycles. The van der Waals surface area contributed by atoms with Gasteiger partial charge in [-0.3, -0.25) is 14.5 Å². The van der Waals surface area contributed by atoms with Crippen molar-refractivity contribution >= 4 is 22.6 Å². The van der Waals surface area contributed by atoms with Crippen LogP contribution in [-0.2, 0) is 16.1 Å². The van der Waals surface area contributed by atoms with Crippen LogP contribution >= 0.6 is 0 Å². The fourth-order valence-electron chi connectivity index (χ4n) is 3.19. The molecule has 3 rings (SSSR count). The van der Waals surface area contributed by atoms with Crippen LogP contribution in [0.25, 0.3) is 10.8 Å². The molecule has 0 spiro atoms. The lowest BCUT2D eigenvalue weighted by Crippen LogP contribution is -2.56. The van der Waals surface area contributed by atoms with Crippen LogP contribution in [0.1, 0.15) is 18.9 Å². The minimum Gasteiger partial charge on any atom is -0.356 e. The number of carbonyl (C=O) groups excluding carboxylic acids is 2. The average Bonchev–Trinajstić information content (AvgIpc) is 2.58. The number of hydrogen-bond acceptors (Lipinski definition) is 3. The molecule has 0 saturated carbocycles. The number of piperazine rings is 1. The maximum absolute atomic E-state index is 12.2. The van der Waals surface area contributed by atoms with Crippen molar-refractivity contribution in [1.29, 1.82) is 0 Å². The highest BCUT2D eigenvalue weighted by atomic mass is 16.2. The molecule has 0 aliphatic carbocycles. The molecular formula is C19H23N3O2. The molecule has 2 aromatic rings. The van der Waals surface area contributed by atoms with Crippen molar-refractivity contribution in [2.45, 2.75) is 25.9 Å². The molecule has 1 saturated heterocycles. The highest BCUT2D eigenvalue weighted by molar-refractivity contribution is 5.89.